The van der Waals surface area contributed by atoms with Crippen LogP contribution in [-0.4, -0.2) is 31.1 Å². The van der Waals surface area contributed by atoms with Gasteiger partial charge in [-0.05, 0) is 26.3 Å². The average molecular weight is 220 g/mol. The van der Waals surface area contributed by atoms with Gasteiger partial charge in [-0.1, -0.05) is 6.42 Å². The standard InChI is InChI=1S/C12H20N4/c1-13-10-6-4-5-7-11-9(10)8-14-12(15-11)16(2)3/h8,10,13H,4-7H2,1-3H3. The molecule has 1 unspecified atom stereocenters. The summed E-state index contributed by atoms with van der Waals surface area (Å²) in [5.74, 6) is 0.815. The molecule has 0 spiro atoms. The lowest BCUT2D eigenvalue weighted by molar-refractivity contribution is 0.532. The van der Waals surface area contributed by atoms with E-state index in [9.17, 15) is 0 Å². The lowest BCUT2D eigenvalue weighted by Crippen LogP contribution is -2.19. The van der Waals surface area contributed by atoms with Crippen LogP contribution in [0.4, 0.5) is 5.95 Å². The molecule has 0 bridgehead atoms. The van der Waals surface area contributed by atoms with E-state index in [2.05, 4.69) is 15.3 Å². The molecule has 0 saturated carbocycles. The zero-order valence-corrected chi connectivity index (χ0v) is 10.3. The van der Waals surface area contributed by atoms with Crippen LogP contribution in [0.25, 0.3) is 0 Å². The Hall–Kier alpha value is -1.16. The Balaban J connectivity index is 2.37. The number of aryl methyl sites for hydroxylation is 1. The van der Waals surface area contributed by atoms with Crippen LogP contribution in [-0.2, 0) is 6.42 Å². The van der Waals surface area contributed by atoms with Crippen molar-refractivity contribution in [3.8, 4) is 0 Å². The van der Waals surface area contributed by atoms with Gasteiger partial charge in [-0.25, -0.2) is 9.97 Å². The highest BCUT2D eigenvalue weighted by molar-refractivity contribution is 5.33. The van der Waals surface area contributed by atoms with Crippen LogP contribution >= 0.6 is 0 Å². The number of nitrogens with one attached hydrogen (secondary N) is 1. The Labute approximate surface area is 97.1 Å². The van der Waals surface area contributed by atoms with Crippen molar-refractivity contribution in [2.75, 3.05) is 26.0 Å². The van der Waals surface area contributed by atoms with Gasteiger partial charge in [0.2, 0.25) is 5.95 Å². The lowest BCUT2D eigenvalue weighted by Gasteiger charge is -2.17. The monoisotopic (exact) mass is 220 g/mol. The molecule has 1 atom stereocenters. The number of fused-ring (bicyclic) bond motifs is 1. The molecule has 88 valence electrons. The molecule has 1 aromatic heterocycles. The Morgan fingerprint density at radius 1 is 1.38 bits per heavy atom. The molecule has 1 aromatic rings. The molecule has 4 heteroatoms. The van der Waals surface area contributed by atoms with Crippen LogP contribution in [0.3, 0.4) is 0 Å². The Morgan fingerprint density at radius 2 is 2.19 bits per heavy atom. The van der Waals surface area contributed by atoms with Crippen molar-refractivity contribution < 1.29 is 0 Å². The molecular weight excluding hydrogens is 200 g/mol. The Bertz CT molecular complexity index is 362. The minimum absolute atomic E-state index is 0.425. The van der Waals surface area contributed by atoms with E-state index in [1.165, 1.54) is 30.5 Å². The minimum Gasteiger partial charge on any atom is -0.347 e. The summed E-state index contributed by atoms with van der Waals surface area (Å²) in [6.07, 6.45) is 6.75. The van der Waals surface area contributed by atoms with E-state index in [4.69, 9.17) is 0 Å². The maximum atomic E-state index is 4.65. The first kappa shape index (κ1) is 11.3. The van der Waals surface area contributed by atoms with Gasteiger partial charge in [0.15, 0.2) is 0 Å². The number of nitrogens with zero attached hydrogens (tertiary/aromatic N) is 3. The second-order valence-electron chi connectivity index (χ2n) is 4.55. The molecule has 0 aromatic carbocycles. The number of hydrogen-bond donors (Lipinski definition) is 1. The summed E-state index contributed by atoms with van der Waals surface area (Å²) < 4.78 is 0. The van der Waals surface area contributed by atoms with Crippen molar-refractivity contribution in [3.05, 3.63) is 17.5 Å². The van der Waals surface area contributed by atoms with E-state index in [0.29, 0.717) is 6.04 Å². The van der Waals surface area contributed by atoms with E-state index < -0.39 is 0 Å². The van der Waals surface area contributed by atoms with Gasteiger partial charge in [0.25, 0.3) is 0 Å². The molecule has 0 aliphatic heterocycles. The van der Waals surface area contributed by atoms with Crippen LogP contribution in [0.15, 0.2) is 6.20 Å². The Morgan fingerprint density at radius 3 is 2.88 bits per heavy atom. The van der Waals surface area contributed by atoms with Crippen molar-refractivity contribution in [1.82, 2.24) is 15.3 Å². The molecule has 0 radical (unpaired) electrons. The summed E-state index contributed by atoms with van der Waals surface area (Å²) in [7, 11) is 5.97. The van der Waals surface area contributed by atoms with Crippen molar-refractivity contribution in [1.29, 1.82) is 0 Å². The quantitative estimate of drug-likeness (QED) is 0.767. The smallest absolute Gasteiger partial charge is 0.225 e. The highest BCUT2D eigenvalue weighted by Gasteiger charge is 2.19. The normalized spacial score (nSPS) is 20.1. The van der Waals surface area contributed by atoms with Gasteiger partial charge >= 0.3 is 0 Å². The average Bonchev–Trinajstić information content (AvgIpc) is 2.49. The van der Waals surface area contributed by atoms with Crippen LogP contribution < -0.4 is 10.2 Å². The summed E-state index contributed by atoms with van der Waals surface area (Å²) in [4.78, 5) is 11.0. The largest absolute Gasteiger partial charge is 0.347 e. The third kappa shape index (κ3) is 2.16. The number of anilines is 1. The maximum absolute atomic E-state index is 4.65. The highest BCUT2D eigenvalue weighted by atomic mass is 15.2. The zero-order valence-electron chi connectivity index (χ0n) is 10.3. The maximum Gasteiger partial charge on any atom is 0.225 e. The molecule has 1 aliphatic carbocycles. The lowest BCUT2D eigenvalue weighted by atomic mass is 10.1. The van der Waals surface area contributed by atoms with Crippen molar-refractivity contribution in [3.63, 3.8) is 0 Å². The first-order chi connectivity index (χ1) is 7.72. The molecule has 0 saturated heterocycles. The van der Waals surface area contributed by atoms with Crippen LogP contribution in [0, 0.1) is 0 Å². The molecule has 1 N–H and O–H groups in total. The molecule has 1 heterocycles. The number of hydrogen-bond acceptors (Lipinski definition) is 4. The molecule has 1 aliphatic rings. The fraction of sp³-hybridized carbons (Fsp3) is 0.667. The van der Waals surface area contributed by atoms with Gasteiger partial charge in [0, 0.05) is 31.9 Å². The van der Waals surface area contributed by atoms with Crippen LogP contribution in [0.1, 0.15) is 36.6 Å². The molecule has 0 fully saturated rings. The van der Waals surface area contributed by atoms with Crippen molar-refractivity contribution >= 4 is 5.95 Å². The molecule has 0 amide bonds. The SMILES string of the molecule is CNC1CCCCc2nc(N(C)C)ncc21. The first-order valence-corrected chi connectivity index (χ1v) is 5.92. The fourth-order valence-corrected chi connectivity index (χ4v) is 2.22. The fourth-order valence-electron chi connectivity index (χ4n) is 2.22. The second kappa shape index (κ2) is 4.78. The summed E-state index contributed by atoms with van der Waals surface area (Å²) in [6.45, 7) is 0. The van der Waals surface area contributed by atoms with Gasteiger partial charge in [0.1, 0.15) is 0 Å². The third-order valence-electron chi connectivity index (χ3n) is 3.17. The van der Waals surface area contributed by atoms with E-state index in [1.807, 2.05) is 32.2 Å². The molecular formula is C12H20N4. The van der Waals surface area contributed by atoms with Gasteiger partial charge in [-0.3, -0.25) is 0 Å². The first-order valence-electron chi connectivity index (χ1n) is 5.92. The topological polar surface area (TPSA) is 41.1 Å². The van der Waals surface area contributed by atoms with Crippen molar-refractivity contribution in [2.45, 2.75) is 31.7 Å². The molecule has 16 heavy (non-hydrogen) atoms. The Kier molecular flexibility index (Phi) is 3.39. The van der Waals surface area contributed by atoms with E-state index in [-0.39, 0.29) is 0 Å². The third-order valence-corrected chi connectivity index (χ3v) is 3.17. The minimum atomic E-state index is 0.425. The van der Waals surface area contributed by atoms with Crippen LogP contribution in [0.5, 0.6) is 0 Å². The summed E-state index contributed by atoms with van der Waals surface area (Å²) in [5.41, 5.74) is 2.50. The zero-order chi connectivity index (χ0) is 11.5. The number of rotatable bonds is 2. The van der Waals surface area contributed by atoms with Crippen LogP contribution in [0.2, 0.25) is 0 Å². The van der Waals surface area contributed by atoms with Gasteiger partial charge < -0.3 is 10.2 Å². The van der Waals surface area contributed by atoms with Gasteiger partial charge in [-0.15, -0.1) is 0 Å². The summed E-state index contributed by atoms with van der Waals surface area (Å²) in [5, 5.41) is 3.36. The van der Waals surface area contributed by atoms with Crippen molar-refractivity contribution in [2.24, 2.45) is 0 Å². The van der Waals surface area contributed by atoms with Gasteiger partial charge in [-0.2, -0.15) is 0 Å². The van der Waals surface area contributed by atoms with E-state index >= 15 is 0 Å². The van der Waals surface area contributed by atoms with Gasteiger partial charge in [0.05, 0.1) is 5.69 Å². The van der Waals surface area contributed by atoms with E-state index in [1.54, 1.807) is 0 Å². The van der Waals surface area contributed by atoms with E-state index in [0.717, 1.165) is 12.4 Å². The summed E-state index contributed by atoms with van der Waals surface area (Å²) >= 11 is 0. The predicted octanol–water partition coefficient (Wildman–Crippen LogP) is 1.53. The second-order valence-corrected chi connectivity index (χ2v) is 4.55. The summed E-state index contributed by atoms with van der Waals surface area (Å²) in [6, 6.07) is 0.425. The highest BCUT2D eigenvalue weighted by Crippen LogP contribution is 2.27. The molecule has 4 nitrogen and oxygen atoms in total. The number of aromatic nitrogens is 2. The molecule has 2 rings (SSSR count). The predicted molar refractivity (Wildman–Crippen MR) is 65.7 cm³/mol.